The average Bonchev–Trinajstić information content (AvgIpc) is 3.15. The summed E-state index contributed by atoms with van der Waals surface area (Å²) in [6, 6.07) is 12.5. The molecule has 0 bridgehead atoms. The van der Waals surface area contributed by atoms with Gasteiger partial charge in [0, 0.05) is 22.6 Å². The number of methoxy groups -OCH3 is 2. The molecule has 0 saturated carbocycles. The van der Waals surface area contributed by atoms with Gasteiger partial charge in [0.05, 0.1) is 20.8 Å². The zero-order valence-corrected chi connectivity index (χ0v) is 16.7. The van der Waals surface area contributed by atoms with E-state index in [0.717, 1.165) is 10.0 Å². The molecule has 3 aromatic rings. The first-order chi connectivity index (χ1) is 13.0. The summed E-state index contributed by atoms with van der Waals surface area (Å²) in [5.74, 6) is 1.81. The standard InChI is InChI=1S/C19H18BrN3O4/c1-23(19(24)12-4-7-14(20)8-5-12)11-17-21-18(22-27-17)13-6-9-15(25-2)16(10-13)26-3/h4-10H,11H2,1-3H3. The first kappa shape index (κ1) is 18.9. The molecule has 0 spiro atoms. The van der Waals surface area contributed by atoms with Crippen molar-refractivity contribution >= 4 is 21.8 Å². The number of amides is 1. The highest BCUT2D eigenvalue weighted by atomic mass is 79.9. The molecule has 0 aliphatic carbocycles. The lowest BCUT2D eigenvalue weighted by Crippen LogP contribution is -2.26. The van der Waals surface area contributed by atoms with Crippen LogP contribution in [0.1, 0.15) is 16.2 Å². The average molecular weight is 432 g/mol. The van der Waals surface area contributed by atoms with Gasteiger partial charge in [0.2, 0.25) is 11.7 Å². The maximum absolute atomic E-state index is 12.5. The molecule has 0 N–H and O–H groups in total. The molecular weight excluding hydrogens is 414 g/mol. The Morgan fingerprint density at radius 3 is 2.48 bits per heavy atom. The van der Waals surface area contributed by atoms with Crippen LogP contribution in [0.4, 0.5) is 0 Å². The quantitative estimate of drug-likeness (QED) is 0.590. The van der Waals surface area contributed by atoms with Crippen molar-refractivity contribution in [3.63, 3.8) is 0 Å². The van der Waals surface area contributed by atoms with Crippen molar-refractivity contribution in [2.45, 2.75) is 6.54 Å². The third-order valence-electron chi connectivity index (χ3n) is 3.92. The predicted molar refractivity (Wildman–Crippen MR) is 103 cm³/mol. The van der Waals surface area contributed by atoms with Crippen LogP contribution in [0.5, 0.6) is 11.5 Å². The van der Waals surface area contributed by atoms with Gasteiger partial charge in [0.15, 0.2) is 11.5 Å². The van der Waals surface area contributed by atoms with Crippen molar-refractivity contribution in [3.8, 4) is 22.9 Å². The molecule has 0 fully saturated rings. The van der Waals surface area contributed by atoms with E-state index in [2.05, 4.69) is 26.1 Å². The van der Waals surface area contributed by atoms with Gasteiger partial charge in [-0.15, -0.1) is 0 Å². The smallest absolute Gasteiger partial charge is 0.254 e. The molecule has 140 valence electrons. The maximum Gasteiger partial charge on any atom is 0.254 e. The summed E-state index contributed by atoms with van der Waals surface area (Å²) in [6.45, 7) is 0.204. The molecule has 0 unspecified atom stereocenters. The van der Waals surface area contributed by atoms with Gasteiger partial charge in [-0.25, -0.2) is 0 Å². The molecule has 2 aromatic carbocycles. The van der Waals surface area contributed by atoms with Crippen LogP contribution in [0.2, 0.25) is 0 Å². The number of hydrogen-bond donors (Lipinski definition) is 0. The zero-order valence-electron chi connectivity index (χ0n) is 15.1. The number of benzene rings is 2. The highest BCUT2D eigenvalue weighted by molar-refractivity contribution is 9.10. The lowest BCUT2D eigenvalue weighted by Gasteiger charge is -2.14. The van der Waals surface area contributed by atoms with Crippen molar-refractivity contribution in [1.82, 2.24) is 15.0 Å². The lowest BCUT2D eigenvalue weighted by molar-refractivity contribution is 0.0769. The van der Waals surface area contributed by atoms with E-state index >= 15 is 0 Å². The third-order valence-corrected chi connectivity index (χ3v) is 4.45. The number of carbonyl (C=O) groups excluding carboxylic acids is 1. The predicted octanol–water partition coefficient (Wildman–Crippen LogP) is 3.79. The monoisotopic (exact) mass is 431 g/mol. The lowest BCUT2D eigenvalue weighted by atomic mass is 10.2. The van der Waals surface area contributed by atoms with Crippen molar-refractivity contribution < 1.29 is 18.8 Å². The Labute approximate surface area is 165 Å². The summed E-state index contributed by atoms with van der Waals surface area (Å²) in [5, 5.41) is 3.99. The maximum atomic E-state index is 12.5. The van der Waals surface area contributed by atoms with Crippen LogP contribution < -0.4 is 9.47 Å². The number of carbonyl (C=O) groups is 1. The number of hydrogen-bond acceptors (Lipinski definition) is 6. The van der Waals surface area contributed by atoms with Crippen LogP contribution in [0.25, 0.3) is 11.4 Å². The Morgan fingerprint density at radius 2 is 1.81 bits per heavy atom. The Hall–Kier alpha value is -2.87. The molecule has 27 heavy (non-hydrogen) atoms. The number of nitrogens with zero attached hydrogens (tertiary/aromatic N) is 3. The van der Waals surface area contributed by atoms with Crippen molar-refractivity contribution in [2.75, 3.05) is 21.3 Å². The zero-order chi connectivity index (χ0) is 19.4. The SMILES string of the molecule is COc1ccc(-c2noc(CN(C)C(=O)c3ccc(Br)cc3)n2)cc1OC. The largest absolute Gasteiger partial charge is 0.493 e. The molecule has 1 aromatic heterocycles. The van der Waals surface area contributed by atoms with Gasteiger partial charge in [-0.2, -0.15) is 4.98 Å². The molecule has 0 aliphatic heterocycles. The van der Waals surface area contributed by atoms with Crippen LogP contribution in [0.15, 0.2) is 51.5 Å². The van der Waals surface area contributed by atoms with Gasteiger partial charge in [-0.3, -0.25) is 4.79 Å². The molecule has 3 rings (SSSR count). The molecule has 0 radical (unpaired) electrons. The molecule has 7 nitrogen and oxygen atoms in total. The fourth-order valence-corrected chi connectivity index (χ4v) is 2.76. The number of ether oxygens (including phenoxy) is 2. The highest BCUT2D eigenvalue weighted by Gasteiger charge is 2.17. The summed E-state index contributed by atoms with van der Waals surface area (Å²) < 4.78 is 16.7. The van der Waals surface area contributed by atoms with Crippen molar-refractivity contribution in [2.24, 2.45) is 0 Å². The summed E-state index contributed by atoms with van der Waals surface area (Å²) >= 11 is 3.35. The number of aromatic nitrogens is 2. The van der Waals surface area contributed by atoms with Crippen molar-refractivity contribution in [1.29, 1.82) is 0 Å². The molecule has 0 saturated heterocycles. The fourth-order valence-electron chi connectivity index (χ4n) is 2.50. The normalized spacial score (nSPS) is 10.5. The molecule has 1 heterocycles. The van der Waals surface area contributed by atoms with Crippen LogP contribution >= 0.6 is 15.9 Å². The van der Waals surface area contributed by atoms with Crippen molar-refractivity contribution in [3.05, 3.63) is 58.4 Å². The molecular formula is C19H18BrN3O4. The van der Waals surface area contributed by atoms with Crippen LogP contribution in [0, 0.1) is 0 Å². The number of rotatable bonds is 6. The van der Waals surface area contributed by atoms with Gasteiger partial charge in [-0.1, -0.05) is 21.1 Å². The van der Waals surface area contributed by atoms with Crippen LogP contribution in [-0.4, -0.2) is 42.2 Å². The van der Waals surface area contributed by atoms with Crippen LogP contribution in [0.3, 0.4) is 0 Å². The Morgan fingerprint density at radius 1 is 1.11 bits per heavy atom. The Balaban J connectivity index is 1.74. The summed E-state index contributed by atoms with van der Waals surface area (Å²) in [6.07, 6.45) is 0. The minimum Gasteiger partial charge on any atom is -0.493 e. The van der Waals surface area contributed by atoms with Gasteiger partial charge < -0.3 is 18.9 Å². The first-order valence-electron chi connectivity index (χ1n) is 8.08. The Kier molecular flexibility index (Phi) is 5.75. The summed E-state index contributed by atoms with van der Waals surface area (Å²) in [7, 11) is 4.82. The minimum atomic E-state index is -0.131. The molecule has 1 amide bonds. The van der Waals surface area contributed by atoms with E-state index in [1.165, 1.54) is 4.90 Å². The van der Waals surface area contributed by atoms with E-state index in [1.54, 1.807) is 45.5 Å². The third kappa shape index (κ3) is 4.28. The second-order valence-corrected chi connectivity index (χ2v) is 6.67. The topological polar surface area (TPSA) is 77.7 Å². The van der Waals surface area contributed by atoms with Gasteiger partial charge in [0.25, 0.3) is 5.91 Å². The van der Waals surface area contributed by atoms with E-state index in [1.807, 2.05) is 18.2 Å². The van der Waals surface area contributed by atoms with Gasteiger partial charge in [0.1, 0.15) is 0 Å². The van der Waals surface area contributed by atoms with Gasteiger partial charge in [-0.05, 0) is 42.5 Å². The van der Waals surface area contributed by atoms with E-state index in [4.69, 9.17) is 14.0 Å². The second kappa shape index (κ2) is 8.22. The molecule has 0 atom stereocenters. The second-order valence-electron chi connectivity index (χ2n) is 5.75. The van der Waals surface area contributed by atoms with E-state index < -0.39 is 0 Å². The molecule has 0 aliphatic rings. The Bertz CT molecular complexity index is 940. The first-order valence-corrected chi connectivity index (χ1v) is 8.87. The van der Waals surface area contributed by atoms with Crippen LogP contribution in [-0.2, 0) is 6.54 Å². The molecule has 8 heteroatoms. The summed E-state index contributed by atoms with van der Waals surface area (Å²) in [4.78, 5) is 18.4. The fraction of sp³-hybridized carbons (Fsp3) is 0.211. The van der Waals surface area contributed by atoms with E-state index in [9.17, 15) is 4.79 Å². The number of halogens is 1. The van der Waals surface area contributed by atoms with E-state index in [0.29, 0.717) is 28.8 Å². The van der Waals surface area contributed by atoms with Gasteiger partial charge >= 0.3 is 0 Å². The van der Waals surface area contributed by atoms with E-state index in [-0.39, 0.29) is 12.5 Å². The minimum absolute atomic E-state index is 0.131. The highest BCUT2D eigenvalue weighted by Crippen LogP contribution is 2.31. The summed E-state index contributed by atoms with van der Waals surface area (Å²) in [5.41, 5.74) is 1.31.